The average molecular weight is 258 g/mol. The molecule has 0 aliphatic rings. The monoisotopic (exact) mass is 258 g/mol. The Balaban J connectivity index is 2.10. The molecule has 0 aliphatic heterocycles. The van der Waals surface area contributed by atoms with Crippen molar-refractivity contribution in [3.05, 3.63) is 65.2 Å². The number of hydrogen-bond acceptors (Lipinski definition) is 2. The van der Waals surface area contributed by atoms with E-state index in [1.807, 2.05) is 38.4 Å². The zero-order chi connectivity index (χ0) is 13.7. The minimum atomic E-state index is -0.142. The summed E-state index contributed by atoms with van der Waals surface area (Å²) in [6.45, 7) is 1.98. The van der Waals surface area contributed by atoms with Crippen LogP contribution >= 0.6 is 0 Å². The Hall–Kier alpha value is -1.74. The molecule has 19 heavy (non-hydrogen) atoms. The van der Waals surface area contributed by atoms with Gasteiger partial charge in [0.25, 0.3) is 0 Å². The van der Waals surface area contributed by atoms with Crippen molar-refractivity contribution in [2.24, 2.45) is 0 Å². The second kappa shape index (κ2) is 6.43. The molecule has 0 saturated heterocycles. The van der Waals surface area contributed by atoms with Crippen molar-refractivity contribution in [2.45, 2.75) is 25.8 Å². The maximum atomic E-state index is 13.9. The molecule has 2 rings (SSSR count). The van der Waals surface area contributed by atoms with Crippen molar-refractivity contribution >= 4 is 0 Å². The Morgan fingerprint density at radius 3 is 2.84 bits per heavy atom. The zero-order valence-electron chi connectivity index (χ0n) is 11.4. The Bertz CT molecular complexity index is 526. The molecule has 3 heteroatoms. The Kier molecular flexibility index (Phi) is 4.63. The highest BCUT2D eigenvalue weighted by Gasteiger charge is 2.14. The number of aryl methyl sites for hydroxylation is 2. The van der Waals surface area contributed by atoms with Gasteiger partial charge in [0, 0.05) is 24.0 Å². The number of benzene rings is 1. The molecule has 1 atom stereocenters. The third-order valence-corrected chi connectivity index (χ3v) is 3.32. The van der Waals surface area contributed by atoms with Gasteiger partial charge in [0.2, 0.25) is 0 Å². The van der Waals surface area contributed by atoms with Crippen molar-refractivity contribution in [3.63, 3.8) is 0 Å². The summed E-state index contributed by atoms with van der Waals surface area (Å²) in [5, 5.41) is 3.20. The van der Waals surface area contributed by atoms with Gasteiger partial charge in [-0.25, -0.2) is 4.39 Å². The molecule has 0 amide bonds. The third-order valence-electron chi connectivity index (χ3n) is 3.32. The van der Waals surface area contributed by atoms with Gasteiger partial charge in [-0.1, -0.05) is 23.8 Å². The van der Waals surface area contributed by atoms with Crippen LogP contribution in [0.2, 0.25) is 0 Å². The third kappa shape index (κ3) is 3.61. The number of aromatic nitrogens is 1. The number of rotatable bonds is 5. The van der Waals surface area contributed by atoms with Gasteiger partial charge in [-0.05, 0) is 44.5 Å². The van der Waals surface area contributed by atoms with E-state index in [9.17, 15) is 4.39 Å². The number of nitrogens with zero attached hydrogens (tertiary/aromatic N) is 1. The van der Waals surface area contributed by atoms with Gasteiger partial charge >= 0.3 is 0 Å². The minimum absolute atomic E-state index is 0.0279. The number of nitrogens with one attached hydrogen (secondary N) is 1. The first kappa shape index (κ1) is 13.7. The summed E-state index contributed by atoms with van der Waals surface area (Å²) < 4.78 is 13.9. The van der Waals surface area contributed by atoms with Gasteiger partial charge in [0.1, 0.15) is 5.82 Å². The normalized spacial score (nSPS) is 12.4. The molecule has 0 spiro atoms. The fourth-order valence-corrected chi connectivity index (χ4v) is 2.24. The first-order valence-corrected chi connectivity index (χ1v) is 6.53. The second-order valence-electron chi connectivity index (χ2n) is 4.77. The molecule has 1 unspecified atom stereocenters. The molecule has 0 fully saturated rings. The predicted molar refractivity (Wildman–Crippen MR) is 75.5 cm³/mol. The van der Waals surface area contributed by atoms with E-state index in [-0.39, 0.29) is 11.9 Å². The van der Waals surface area contributed by atoms with Gasteiger partial charge in [-0.2, -0.15) is 0 Å². The summed E-state index contributed by atoms with van der Waals surface area (Å²) in [6, 6.07) is 9.26. The highest BCUT2D eigenvalue weighted by atomic mass is 19.1. The van der Waals surface area contributed by atoms with E-state index in [2.05, 4.69) is 10.3 Å². The smallest absolute Gasteiger partial charge is 0.127 e. The van der Waals surface area contributed by atoms with E-state index in [1.54, 1.807) is 18.3 Å². The van der Waals surface area contributed by atoms with Gasteiger partial charge in [-0.15, -0.1) is 0 Å². The van der Waals surface area contributed by atoms with Crippen LogP contribution in [0.15, 0.2) is 42.7 Å². The molecule has 1 aromatic heterocycles. The van der Waals surface area contributed by atoms with Crippen molar-refractivity contribution < 1.29 is 4.39 Å². The van der Waals surface area contributed by atoms with E-state index < -0.39 is 0 Å². The summed E-state index contributed by atoms with van der Waals surface area (Å²) in [4.78, 5) is 4.10. The lowest BCUT2D eigenvalue weighted by molar-refractivity contribution is 0.508. The first-order chi connectivity index (χ1) is 9.20. The molecular formula is C16H19FN2. The molecule has 2 aromatic rings. The number of pyridine rings is 1. The Morgan fingerprint density at radius 2 is 2.16 bits per heavy atom. The van der Waals surface area contributed by atoms with Crippen LogP contribution in [0.5, 0.6) is 0 Å². The van der Waals surface area contributed by atoms with Crippen molar-refractivity contribution in [1.29, 1.82) is 0 Å². The Morgan fingerprint density at radius 1 is 1.32 bits per heavy atom. The summed E-state index contributed by atoms with van der Waals surface area (Å²) in [5.41, 5.74) is 3.00. The predicted octanol–water partition coefficient (Wildman–Crippen LogP) is 3.42. The largest absolute Gasteiger partial charge is 0.313 e. The van der Waals surface area contributed by atoms with Gasteiger partial charge in [-0.3, -0.25) is 4.98 Å². The summed E-state index contributed by atoms with van der Waals surface area (Å²) in [5.74, 6) is -0.142. The highest BCUT2D eigenvalue weighted by molar-refractivity contribution is 5.27. The molecule has 1 aromatic carbocycles. The molecule has 100 valence electrons. The lowest BCUT2D eigenvalue weighted by atomic mass is 9.98. The maximum absolute atomic E-state index is 13.9. The molecule has 0 bridgehead atoms. The van der Waals surface area contributed by atoms with Crippen molar-refractivity contribution in [2.75, 3.05) is 7.05 Å². The van der Waals surface area contributed by atoms with Gasteiger partial charge in [0.05, 0.1) is 0 Å². The first-order valence-electron chi connectivity index (χ1n) is 6.53. The van der Waals surface area contributed by atoms with E-state index in [0.717, 1.165) is 24.0 Å². The topological polar surface area (TPSA) is 24.9 Å². The van der Waals surface area contributed by atoms with E-state index >= 15 is 0 Å². The van der Waals surface area contributed by atoms with Crippen LogP contribution in [0.4, 0.5) is 4.39 Å². The fraction of sp³-hybridized carbons (Fsp3) is 0.312. The van der Waals surface area contributed by atoms with Crippen LogP contribution in [0, 0.1) is 12.7 Å². The number of hydrogen-bond donors (Lipinski definition) is 1. The van der Waals surface area contributed by atoms with Crippen LogP contribution in [-0.4, -0.2) is 12.0 Å². The minimum Gasteiger partial charge on any atom is -0.313 e. The average Bonchev–Trinajstić information content (AvgIpc) is 2.44. The fourth-order valence-electron chi connectivity index (χ4n) is 2.24. The molecular weight excluding hydrogens is 239 g/mol. The van der Waals surface area contributed by atoms with Crippen molar-refractivity contribution in [1.82, 2.24) is 10.3 Å². The second-order valence-corrected chi connectivity index (χ2v) is 4.77. The maximum Gasteiger partial charge on any atom is 0.127 e. The molecule has 1 N–H and O–H groups in total. The van der Waals surface area contributed by atoms with E-state index in [0.29, 0.717) is 0 Å². The van der Waals surface area contributed by atoms with Gasteiger partial charge < -0.3 is 5.32 Å². The van der Waals surface area contributed by atoms with Crippen LogP contribution in [0.1, 0.15) is 29.2 Å². The standard InChI is InChI=1S/C16H19FN2/c1-12-5-7-15(17)14(10-12)16(18-2)8-6-13-4-3-9-19-11-13/h3-5,7,9-11,16,18H,6,8H2,1-2H3. The molecule has 0 aliphatic carbocycles. The van der Waals surface area contributed by atoms with E-state index in [1.165, 1.54) is 5.56 Å². The van der Waals surface area contributed by atoms with Crippen molar-refractivity contribution in [3.8, 4) is 0 Å². The summed E-state index contributed by atoms with van der Waals surface area (Å²) in [6.07, 6.45) is 5.36. The van der Waals surface area contributed by atoms with Crippen LogP contribution in [0.3, 0.4) is 0 Å². The quantitative estimate of drug-likeness (QED) is 0.888. The molecule has 2 nitrogen and oxygen atoms in total. The summed E-state index contributed by atoms with van der Waals surface area (Å²) in [7, 11) is 1.87. The van der Waals surface area contributed by atoms with Gasteiger partial charge in [0.15, 0.2) is 0 Å². The highest BCUT2D eigenvalue weighted by Crippen LogP contribution is 2.22. The molecule has 0 radical (unpaired) electrons. The van der Waals surface area contributed by atoms with Crippen LogP contribution < -0.4 is 5.32 Å². The molecule has 0 saturated carbocycles. The van der Waals surface area contributed by atoms with Crippen LogP contribution in [-0.2, 0) is 6.42 Å². The Labute approximate surface area is 113 Å². The SMILES string of the molecule is CNC(CCc1cccnc1)c1cc(C)ccc1F. The number of halogens is 1. The molecule has 1 heterocycles. The lowest BCUT2D eigenvalue weighted by Crippen LogP contribution is -2.18. The van der Waals surface area contributed by atoms with E-state index in [4.69, 9.17) is 0 Å². The lowest BCUT2D eigenvalue weighted by Gasteiger charge is -2.18. The summed E-state index contributed by atoms with van der Waals surface area (Å²) >= 11 is 0. The van der Waals surface area contributed by atoms with Crippen LogP contribution in [0.25, 0.3) is 0 Å². The zero-order valence-corrected chi connectivity index (χ0v) is 11.4.